The number of ether oxygens (including phenoxy) is 1. The predicted molar refractivity (Wildman–Crippen MR) is 66.1 cm³/mol. The molecule has 0 spiro atoms. The molecule has 0 atom stereocenters. The van der Waals surface area contributed by atoms with Crippen molar-refractivity contribution >= 4 is 10.9 Å². The second kappa shape index (κ2) is 3.81. The van der Waals surface area contributed by atoms with Gasteiger partial charge in [-0.05, 0) is 24.5 Å². The minimum Gasteiger partial charge on any atom is -0.496 e. The molecule has 0 fully saturated rings. The van der Waals surface area contributed by atoms with Crippen molar-refractivity contribution in [3.05, 3.63) is 23.4 Å². The minimum absolute atomic E-state index is 0.457. The fourth-order valence-electron chi connectivity index (χ4n) is 2.00. The molecule has 2 aromatic rings. The molecule has 3 heteroatoms. The third-order valence-corrected chi connectivity index (χ3v) is 3.10. The van der Waals surface area contributed by atoms with Crippen LogP contribution in [0.4, 0.5) is 0 Å². The number of fused-ring (bicyclic) bond motifs is 1. The van der Waals surface area contributed by atoms with E-state index in [1.165, 1.54) is 16.6 Å². The molecule has 1 aromatic carbocycles. The Labute approximate surface area is 96.0 Å². The normalized spacial score (nSPS) is 11.4. The summed E-state index contributed by atoms with van der Waals surface area (Å²) >= 11 is 0. The Kier molecular flexibility index (Phi) is 2.62. The zero-order valence-electron chi connectivity index (χ0n) is 10.5. The van der Waals surface area contributed by atoms with Crippen molar-refractivity contribution in [2.24, 2.45) is 7.05 Å². The van der Waals surface area contributed by atoms with E-state index in [1.54, 1.807) is 7.11 Å². The number of methoxy groups -OCH3 is 1. The fourth-order valence-corrected chi connectivity index (χ4v) is 2.00. The van der Waals surface area contributed by atoms with Gasteiger partial charge in [0.15, 0.2) is 0 Å². The molecule has 1 heterocycles. The van der Waals surface area contributed by atoms with Crippen molar-refractivity contribution in [2.45, 2.75) is 26.7 Å². The lowest BCUT2D eigenvalue weighted by atomic mass is 10.00. The molecule has 0 unspecified atom stereocenters. The first-order valence-corrected chi connectivity index (χ1v) is 5.55. The van der Waals surface area contributed by atoms with Crippen molar-refractivity contribution in [3.8, 4) is 5.75 Å². The average Bonchev–Trinajstić information content (AvgIpc) is 2.53. The molecule has 2 rings (SSSR count). The molecule has 0 aliphatic heterocycles. The van der Waals surface area contributed by atoms with Crippen LogP contribution in [0.5, 0.6) is 5.75 Å². The van der Waals surface area contributed by atoms with Gasteiger partial charge < -0.3 is 4.74 Å². The van der Waals surface area contributed by atoms with Gasteiger partial charge in [0.05, 0.1) is 12.6 Å². The Morgan fingerprint density at radius 1 is 1.31 bits per heavy atom. The standard InChI is InChI=1S/C13H18N2O/c1-8(2)10-6-11-9(3)15(4)14-12(11)7-13(10)16-5/h6-8H,1-5H3. The Hall–Kier alpha value is -1.51. The van der Waals surface area contributed by atoms with Gasteiger partial charge >= 0.3 is 0 Å². The largest absolute Gasteiger partial charge is 0.496 e. The molecule has 0 N–H and O–H groups in total. The summed E-state index contributed by atoms with van der Waals surface area (Å²) in [6.45, 7) is 6.44. The number of nitrogens with zero attached hydrogens (tertiary/aromatic N) is 2. The van der Waals surface area contributed by atoms with Gasteiger partial charge in [0.25, 0.3) is 0 Å². The van der Waals surface area contributed by atoms with Crippen molar-refractivity contribution in [2.75, 3.05) is 7.11 Å². The van der Waals surface area contributed by atoms with E-state index in [2.05, 4.69) is 31.9 Å². The Bertz CT molecular complexity index is 526. The summed E-state index contributed by atoms with van der Waals surface area (Å²) < 4.78 is 7.33. The summed E-state index contributed by atoms with van der Waals surface area (Å²) in [4.78, 5) is 0. The monoisotopic (exact) mass is 218 g/mol. The van der Waals surface area contributed by atoms with Gasteiger partial charge in [-0.3, -0.25) is 4.68 Å². The number of benzene rings is 1. The van der Waals surface area contributed by atoms with Crippen LogP contribution in [-0.2, 0) is 7.05 Å². The molecule has 3 nitrogen and oxygen atoms in total. The van der Waals surface area contributed by atoms with E-state index in [9.17, 15) is 0 Å². The Morgan fingerprint density at radius 2 is 2.00 bits per heavy atom. The topological polar surface area (TPSA) is 27.1 Å². The molecule has 0 aliphatic rings. The summed E-state index contributed by atoms with van der Waals surface area (Å²) in [7, 11) is 3.68. The molecule has 0 saturated carbocycles. The van der Waals surface area contributed by atoms with Gasteiger partial charge in [0.2, 0.25) is 0 Å². The quantitative estimate of drug-likeness (QED) is 0.774. The maximum Gasteiger partial charge on any atom is 0.124 e. The van der Waals surface area contributed by atoms with Crippen molar-refractivity contribution in [1.29, 1.82) is 0 Å². The van der Waals surface area contributed by atoms with Crippen LogP contribution in [0.2, 0.25) is 0 Å². The van der Waals surface area contributed by atoms with Crippen molar-refractivity contribution < 1.29 is 4.74 Å². The van der Waals surface area contributed by atoms with Gasteiger partial charge in [-0.25, -0.2) is 0 Å². The predicted octanol–water partition coefficient (Wildman–Crippen LogP) is 3.01. The lowest BCUT2D eigenvalue weighted by Crippen LogP contribution is -1.94. The second-order valence-electron chi connectivity index (χ2n) is 4.48. The smallest absolute Gasteiger partial charge is 0.124 e. The first kappa shape index (κ1) is 11.0. The van der Waals surface area contributed by atoms with Gasteiger partial charge in [-0.15, -0.1) is 0 Å². The zero-order chi connectivity index (χ0) is 11.9. The van der Waals surface area contributed by atoms with Gasteiger partial charge in [-0.2, -0.15) is 5.10 Å². The number of rotatable bonds is 2. The highest BCUT2D eigenvalue weighted by Gasteiger charge is 2.12. The van der Waals surface area contributed by atoms with Gasteiger partial charge in [0, 0.05) is 24.2 Å². The first-order valence-electron chi connectivity index (χ1n) is 5.55. The van der Waals surface area contributed by atoms with Crippen LogP contribution in [0.15, 0.2) is 12.1 Å². The molecule has 0 amide bonds. The lowest BCUT2D eigenvalue weighted by Gasteiger charge is -2.11. The van der Waals surface area contributed by atoms with Crippen LogP contribution < -0.4 is 4.74 Å². The first-order chi connectivity index (χ1) is 7.54. The van der Waals surface area contributed by atoms with E-state index >= 15 is 0 Å². The van der Waals surface area contributed by atoms with Crippen LogP contribution in [-0.4, -0.2) is 16.9 Å². The third kappa shape index (κ3) is 1.56. The second-order valence-corrected chi connectivity index (χ2v) is 4.48. The van der Waals surface area contributed by atoms with Gasteiger partial charge in [-0.1, -0.05) is 13.8 Å². The van der Waals surface area contributed by atoms with E-state index in [-0.39, 0.29) is 0 Å². The molecule has 0 bridgehead atoms. The molecule has 0 saturated heterocycles. The van der Waals surface area contributed by atoms with Crippen molar-refractivity contribution in [3.63, 3.8) is 0 Å². The van der Waals surface area contributed by atoms with Crippen LogP contribution in [0.3, 0.4) is 0 Å². The number of hydrogen-bond acceptors (Lipinski definition) is 2. The summed E-state index contributed by atoms with van der Waals surface area (Å²) in [6, 6.07) is 4.22. The van der Waals surface area contributed by atoms with Gasteiger partial charge in [0.1, 0.15) is 5.75 Å². The summed E-state index contributed by atoms with van der Waals surface area (Å²) in [6.07, 6.45) is 0. The van der Waals surface area contributed by atoms with Crippen molar-refractivity contribution in [1.82, 2.24) is 9.78 Å². The highest BCUT2D eigenvalue weighted by Crippen LogP contribution is 2.31. The molecule has 16 heavy (non-hydrogen) atoms. The zero-order valence-corrected chi connectivity index (χ0v) is 10.5. The molecular weight excluding hydrogens is 200 g/mol. The van der Waals surface area contributed by atoms with E-state index in [0.717, 1.165) is 11.3 Å². The minimum atomic E-state index is 0.457. The Morgan fingerprint density at radius 3 is 2.56 bits per heavy atom. The molecular formula is C13H18N2O. The molecule has 0 radical (unpaired) electrons. The summed E-state index contributed by atoms with van der Waals surface area (Å²) in [5, 5.41) is 5.67. The van der Waals surface area contributed by atoms with Crippen LogP contribution in [0.1, 0.15) is 31.0 Å². The fraction of sp³-hybridized carbons (Fsp3) is 0.462. The lowest BCUT2D eigenvalue weighted by molar-refractivity contribution is 0.408. The highest BCUT2D eigenvalue weighted by molar-refractivity contribution is 5.84. The average molecular weight is 218 g/mol. The molecule has 0 aliphatic carbocycles. The third-order valence-electron chi connectivity index (χ3n) is 3.10. The van der Waals surface area contributed by atoms with Crippen LogP contribution >= 0.6 is 0 Å². The number of aryl methyl sites for hydroxylation is 2. The summed E-state index contributed by atoms with van der Waals surface area (Å²) in [5.74, 6) is 1.39. The molecule has 1 aromatic heterocycles. The summed E-state index contributed by atoms with van der Waals surface area (Å²) in [5.41, 5.74) is 3.44. The van der Waals surface area contributed by atoms with E-state index in [0.29, 0.717) is 5.92 Å². The van der Waals surface area contributed by atoms with E-state index < -0.39 is 0 Å². The maximum atomic E-state index is 5.41. The SMILES string of the molecule is COc1cc2nn(C)c(C)c2cc1C(C)C. The van der Waals surface area contributed by atoms with E-state index in [4.69, 9.17) is 4.74 Å². The van der Waals surface area contributed by atoms with Crippen LogP contribution in [0.25, 0.3) is 10.9 Å². The number of hydrogen-bond donors (Lipinski definition) is 0. The van der Waals surface area contributed by atoms with E-state index in [1.807, 2.05) is 17.8 Å². The highest BCUT2D eigenvalue weighted by atomic mass is 16.5. The Balaban J connectivity index is 2.75. The maximum absolute atomic E-state index is 5.41. The number of aromatic nitrogens is 2. The van der Waals surface area contributed by atoms with Crippen LogP contribution in [0, 0.1) is 6.92 Å². The molecule has 86 valence electrons.